The van der Waals surface area contributed by atoms with Crippen LogP contribution in [0, 0.1) is 0 Å². The van der Waals surface area contributed by atoms with Crippen LogP contribution in [0.1, 0.15) is 18.0 Å². The minimum absolute atomic E-state index is 0.152. The van der Waals surface area contributed by atoms with Crippen LogP contribution in [0.15, 0.2) is 33.9 Å². The summed E-state index contributed by atoms with van der Waals surface area (Å²) in [6.45, 7) is 0. The van der Waals surface area contributed by atoms with Crippen molar-refractivity contribution in [1.82, 2.24) is 5.32 Å². The standard InChI is InChI=1S/C10H11BrN4O/c1-13-10(16)6-9(14-15-12)7-2-4-8(11)5-3-7/h2-5,9H,6H2,1H3,(H,13,16)/t9-/m0/s1. The Labute approximate surface area is 102 Å². The Hall–Kier alpha value is -1.52. The summed E-state index contributed by atoms with van der Waals surface area (Å²) >= 11 is 3.32. The molecule has 0 aliphatic carbocycles. The van der Waals surface area contributed by atoms with Crippen molar-refractivity contribution in [3.63, 3.8) is 0 Å². The zero-order valence-corrected chi connectivity index (χ0v) is 10.3. The Balaban J connectivity index is 2.89. The Morgan fingerprint density at radius 3 is 2.69 bits per heavy atom. The molecule has 16 heavy (non-hydrogen) atoms. The van der Waals surface area contributed by atoms with Crippen LogP contribution in [0.25, 0.3) is 10.4 Å². The summed E-state index contributed by atoms with van der Waals surface area (Å²) in [6.07, 6.45) is 0.155. The van der Waals surface area contributed by atoms with Gasteiger partial charge in [0.05, 0.1) is 6.04 Å². The van der Waals surface area contributed by atoms with Crippen LogP contribution in [0.4, 0.5) is 0 Å². The fraction of sp³-hybridized carbons (Fsp3) is 0.300. The van der Waals surface area contributed by atoms with Gasteiger partial charge in [-0.2, -0.15) is 0 Å². The number of amides is 1. The molecule has 0 saturated heterocycles. The molecule has 1 amide bonds. The van der Waals surface area contributed by atoms with Crippen molar-refractivity contribution in [3.05, 3.63) is 44.7 Å². The SMILES string of the molecule is CNC(=O)C[C@H](N=[N+]=[N-])c1ccc(Br)cc1. The minimum Gasteiger partial charge on any atom is -0.359 e. The smallest absolute Gasteiger partial charge is 0.220 e. The van der Waals surface area contributed by atoms with Crippen molar-refractivity contribution in [2.45, 2.75) is 12.5 Å². The topological polar surface area (TPSA) is 77.9 Å². The lowest BCUT2D eigenvalue weighted by molar-refractivity contribution is -0.120. The molecule has 6 heteroatoms. The van der Waals surface area contributed by atoms with Gasteiger partial charge in [0.15, 0.2) is 0 Å². The number of halogens is 1. The van der Waals surface area contributed by atoms with Gasteiger partial charge >= 0.3 is 0 Å². The van der Waals surface area contributed by atoms with Crippen molar-refractivity contribution in [1.29, 1.82) is 0 Å². The van der Waals surface area contributed by atoms with Crippen molar-refractivity contribution in [3.8, 4) is 0 Å². The summed E-state index contributed by atoms with van der Waals surface area (Å²) in [7, 11) is 1.55. The van der Waals surface area contributed by atoms with Crippen LogP contribution in [-0.2, 0) is 4.79 Å². The van der Waals surface area contributed by atoms with Gasteiger partial charge in [0.25, 0.3) is 0 Å². The quantitative estimate of drug-likeness (QED) is 0.514. The van der Waals surface area contributed by atoms with E-state index in [0.29, 0.717) is 0 Å². The first-order valence-corrected chi connectivity index (χ1v) is 5.47. The summed E-state index contributed by atoms with van der Waals surface area (Å²) in [4.78, 5) is 14.0. The van der Waals surface area contributed by atoms with E-state index in [-0.39, 0.29) is 12.3 Å². The summed E-state index contributed by atoms with van der Waals surface area (Å²) in [5.74, 6) is -0.152. The molecule has 1 aromatic carbocycles. The normalized spacial score (nSPS) is 11.4. The van der Waals surface area contributed by atoms with Gasteiger partial charge in [0, 0.05) is 22.9 Å². The lowest BCUT2D eigenvalue weighted by Gasteiger charge is -2.10. The molecule has 0 spiro atoms. The molecule has 0 radical (unpaired) electrons. The molecule has 0 saturated carbocycles. The van der Waals surface area contributed by atoms with Crippen LogP contribution < -0.4 is 5.32 Å². The second-order valence-electron chi connectivity index (χ2n) is 3.15. The number of benzene rings is 1. The molecule has 0 aliphatic heterocycles. The number of azide groups is 1. The highest BCUT2D eigenvalue weighted by Crippen LogP contribution is 2.23. The maximum Gasteiger partial charge on any atom is 0.220 e. The van der Waals surface area contributed by atoms with Gasteiger partial charge in [-0.1, -0.05) is 33.2 Å². The average molecular weight is 283 g/mol. The molecule has 0 unspecified atom stereocenters. The number of carbonyl (C=O) groups excluding carboxylic acids is 1. The lowest BCUT2D eigenvalue weighted by Crippen LogP contribution is -2.19. The van der Waals surface area contributed by atoms with Crippen LogP contribution in [0.5, 0.6) is 0 Å². The van der Waals surface area contributed by atoms with Gasteiger partial charge in [-0.25, -0.2) is 0 Å². The van der Waals surface area contributed by atoms with Crippen LogP contribution >= 0.6 is 15.9 Å². The van der Waals surface area contributed by atoms with E-state index in [2.05, 4.69) is 31.3 Å². The summed E-state index contributed by atoms with van der Waals surface area (Å²) < 4.78 is 0.941. The molecule has 0 heterocycles. The number of nitrogens with one attached hydrogen (secondary N) is 1. The largest absolute Gasteiger partial charge is 0.359 e. The Kier molecular flexibility index (Phi) is 4.82. The molecule has 0 fully saturated rings. The molecule has 0 aromatic heterocycles. The van der Waals surface area contributed by atoms with E-state index in [1.165, 1.54) is 0 Å². The van der Waals surface area contributed by atoms with Crippen molar-refractivity contribution < 1.29 is 4.79 Å². The van der Waals surface area contributed by atoms with Crippen LogP contribution in [0.2, 0.25) is 0 Å². The number of hydrogen-bond acceptors (Lipinski definition) is 2. The molecule has 1 atom stereocenters. The van der Waals surface area contributed by atoms with Gasteiger partial charge in [-0.05, 0) is 23.2 Å². The second kappa shape index (κ2) is 6.15. The number of hydrogen-bond donors (Lipinski definition) is 1. The predicted octanol–water partition coefficient (Wildman–Crippen LogP) is 2.94. The Morgan fingerprint density at radius 1 is 1.56 bits per heavy atom. The molecule has 1 rings (SSSR count). The van der Waals surface area contributed by atoms with Gasteiger partial charge in [0.2, 0.25) is 5.91 Å². The maximum atomic E-state index is 11.2. The van der Waals surface area contributed by atoms with Gasteiger partial charge < -0.3 is 5.32 Å². The molecule has 1 N–H and O–H groups in total. The van der Waals surface area contributed by atoms with Gasteiger partial charge in [0.1, 0.15) is 0 Å². The summed E-state index contributed by atoms with van der Waals surface area (Å²) in [6, 6.07) is 6.88. The first kappa shape index (κ1) is 12.5. The van der Waals surface area contributed by atoms with E-state index in [4.69, 9.17) is 5.53 Å². The van der Waals surface area contributed by atoms with E-state index in [1.807, 2.05) is 24.3 Å². The van der Waals surface area contributed by atoms with Crippen LogP contribution in [0.3, 0.4) is 0 Å². The highest BCUT2D eigenvalue weighted by molar-refractivity contribution is 9.10. The zero-order valence-electron chi connectivity index (χ0n) is 8.72. The van der Waals surface area contributed by atoms with E-state index < -0.39 is 6.04 Å². The van der Waals surface area contributed by atoms with Gasteiger partial charge in [-0.3, -0.25) is 4.79 Å². The van der Waals surface area contributed by atoms with Crippen LogP contribution in [-0.4, -0.2) is 13.0 Å². The highest BCUT2D eigenvalue weighted by Gasteiger charge is 2.13. The Bertz CT molecular complexity index is 411. The summed E-state index contributed by atoms with van der Waals surface area (Å²) in [5.41, 5.74) is 9.28. The number of nitrogens with zero attached hydrogens (tertiary/aromatic N) is 3. The number of carbonyl (C=O) groups is 1. The van der Waals surface area contributed by atoms with Crippen molar-refractivity contribution in [2.75, 3.05) is 7.05 Å². The predicted molar refractivity (Wildman–Crippen MR) is 64.7 cm³/mol. The first-order valence-electron chi connectivity index (χ1n) is 4.67. The van der Waals surface area contributed by atoms with E-state index in [1.54, 1.807) is 7.05 Å². The molecule has 5 nitrogen and oxygen atoms in total. The fourth-order valence-electron chi connectivity index (χ4n) is 1.25. The lowest BCUT2D eigenvalue weighted by atomic mass is 10.0. The Morgan fingerprint density at radius 2 is 2.19 bits per heavy atom. The molecule has 1 aromatic rings. The highest BCUT2D eigenvalue weighted by atomic mass is 79.9. The third-order valence-electron chi connectivity index (χ3n) is 2.10. The fourth-order valence-corrected chi connectivity index (χ4v) is 1.51. The second-order valence-corrected chi connectivity index (χ2v) is 4.07. The monoisotopic (exact) mass is 282 g/mol. The zero-order chi connectivity index (χ0) is 12.0. The first-order chi connectivity index (χ1) is 7.67. The minimum atomic E-state index is -0.460. The number of rotatable bonds is 4. The van der Waals surface area contributed by atoms with E-state index in [9.17, 15) is 4.79 Å². The van der Waals surface area contributed by atoms with Crippen molar-refractivity contribution in [2.24, 2.45) is 5.11 Å². The summed E-state index contributed by atoms with van der Waals surface area (Å²) in [5, 5.41) is 6.12. The maximum absolute atomic E-state index is 11.2. The van der Waals surface area contributed by atoms with Crippen molar-refractivity contribution >= 4 is 21.8 Å². The van der Waals surface area contributed by atoms with E-state index in [0.717, 1.165) is 10.0 Å². The molecular weight excluding hydrogens is 272 g/mol. The molecule has 0 bridgehead atoms. The third-order valence-corrected chi connectivity index (χ3v) is 2.63. The molecule has 84 valence electrons. The molecular formula is C10H11BrN4O. The average Bonchev–Trinajstić information content (AvgIpc) is 2.29. The van der Waals surface area contributed by atoms with Gasteiger partial charge in [-0.15, -0.1) is 0 Å². The molecule has 0 aliphatic rings. The third kappa shape index (κ3) is 3.56. The van der Waals surface area contributed by atoms with E-state index >= 15 is 0 Å².